The number of hydrogen-bond acceptors (Lipinski definition) is 2. The van der Waals surface area contributed by atoms with Crippen LogP contribution in [0.1, 0.15) is 12.5 Å². The SMILES string of the molecule is CCc1ccc(NC(=O)C[n+]2cc3ccccc3cn2)cc1.[I-]. The van der Waals surface area contributed by atoms with Crippen LogP contribution in [0, 0.1) is 0 Å². The first kappa shape index (κ1) is 17.3. The summed E-state index contributed by atoms with van der Waals surface area (Å²) in [5, 5.41) is 9.29. The van der Waals surface area contributed by atoms with Gasteiger partial charge in [0.25, 0.3) is 12.5 Å². The molecule has 1 amide bonds. The third kappa shape index (κ3) is 4.48. The van der Waals surface area contributed by atoms with E-state index < -0.39 is 0 Å². The van der Waals surface area contributed by atoms with Gasteiger partial charge in [0.2, 0.25) is 6.20 Å². The number of carbonyl (C=O) groups excluding carboxylic acids is 1. The molecule has 0 unspecified atom stereocenters. The van der Waals surface area contributed by atoms with Crippen molar-refractivity contribution in [2.75, 3.05) is 5.32 Å². The lowest BCUT2D eigenvalue weighted by molar-refractivity contribution is -0.740. The highest BCUT2D eigenvalue weighted by Gasteiger charge is 2.12. The number of nitrogens with zero attached hydrogens (tertiary/aromatic N) is 2. The Balaban J connectivity index is 0.00000192. The summed E-state index contributed by atoms with van der Waals surface area (Å²) in [4.78, 5) is 12.1. The molecule has 3 rings (SSSR count). The minimum atomic E-state index is -0.0861. The number of aryl methyl sites for hydroxylation is 1. The van der Waals surface area contributed by atoms with Crippen molar-refractivity contribution in [1.82, 2.24) is 5.10 Å². The Bertz CT molecular complexity index is 803. The number of aromatic nitrogens is 2. The summed E-state index contributed by atoms with van der Waals surface area (Å²) in [5.74, 6) is -0.0861. The van der Waals surface area contributed by atoms with Gasteiger partial charge in [0.05, 0.1) is 0 Å². The largest absolute Gasteiger partial charge is 1.00 e. The quantitative estimate of drug-likeness (QED) is 0.468. The lowest BCUT2D eigenvalue weighted by atomic mass is 10.1. The van der Waals surface area contributed by atoms with Crippen LogP contribution in [0.15, 0.2) is 60.9 Å². The highest BCUT2D eigenvalue weighted by Crippen LogP contribution is 2.10. The van der Waals surface area contributed by atoms with Gasteiger partial charge in [-0.05, 0) is 35.3 Å². The molecule has 118 valence electrons. The van der Waals surface area contributed by atoms with Gasteiger partial charge in [0, 0.05) is 16.5 Å². The second kappa shape index (κ2) is 8.01. The third-order valence-corrected chi connectivity index (χ3v) is 3.58. The molecule has 0 saturated carbocycles. The molecule has 1 aromatic heterocycles. The molecule has 0 aliphatic heterocycles. The van der Waals surface area contributed by atoms with Gasteiger partial charge in [-0.1, -0.05) is 41.9 Å². The number of amides is 1. The van der Waals surface area contributed by atoms with Crippen LogP contribution in [-0.4, -0.2) is 11.0 Å². The van der Waals surface area contributed by atoms with Crippen LogP contribution in [0.2, 0.25) is 0 Å². The Kier molecular flexibility index (Phi) is 6.04. The Hall–Kier alpha value is -2.02. The van der Waals surface area contributed by atoms with E-state index in [2.05, 4.69) is 17.3 Å². The molecule has 1 N–H and O–H groups in total. The summed E-state index contributed by atoms with van der Waals surface area (Å²) in [7, 11) is 0. The third-order valence-electron chi connectivity index (χ3n) is 3.58. The zero-order chi connectivity index (χ0) is 15.4. The van der Waals surface area contributed by atoms with Crippen molar-refractivity contribution in [3.63, 3.8) is 0 Å². The number of halogens is 1. The van der Waals surface area contributed by atoms with Crippen molar-refractivity contribution >= 4 is 22.4 Å². The van der Waals surface area contributed by atoms with Gasteiger partial charge in [0.15, 0.2) is 0 Å². The fraction of sp³-hybridized carbons (Fsp3) is 0.167. The van der Waals surface area contributed by atoms with Crippen molar-refractivity contribution in [2.45, 2.75) is 19.9 Å². The van der Waals surface area contributed by atoms with Crippen molar-refractivity contribution in [1.29, 1.82) is 0 Å². The summed E-state index contributed by atoms with van der Waals surface area (Å²) in [6.45, 7) is 2.30. The minimum absolute atomic E-state index is 0. The molecule has 2 aromatic carbocycles. The zero-order valence-electron chi connectivity index (χ0n) is 12.9. The number of anilines is 1. The van der Waals surface area contributed by atoms with Gasteiger partial charge in [0.1, 0.15) is 6.20 Å². The molecule has 1 heterocycles. The topological polar surface area (TPSA) is 45.9 Å². The number of fused-ring (bicyclic) bond motifs is 1. The van der Waals surface area contributed by atoms with E-state index in [0.29, 0.717) is 0 Å². The summed E-state index contributed by atoms with van der Waals surface area (Å²) >= 11 is 0. The summed E-state index contributed by atoms with van der Waals surface area (Å²) in [5.41, 5.74) is 2.06. The van der Waals surface area contributed by atoms with E-state index in [9.17, 15) is 4.79 Å². The smallest absolute Gasteiger partial charge is 0.292 e. The van der Waals surface area contributed by atoms with Crippen LogP contribution >= 0.6 is 0 Å². The van der Waals surface area contributed by atoms with Gasteiger partial charge in [-0.3, -0.25) is 4.79 Å². The molecule has 0 aliphatic rings. The number of carbonyl (C=O) groups is 1. The lowest BCUT2D eigenvalue weighted by Crippen LogP contribution is -3.00. The maximum Gasteiger partial charge on any atom is 0.292 e. The number of hydrogen-bond donors (Lipinski definition) is 1. The first-order chi connectivity index (χ1) is 10.7. The van der Waals surface area contributed by atoms with Crippen molar-refractivity contribution in [3.05, 3.63) is 66.5 Å². The molecule has 0 fully saturated rings. The molecular formula is C18H18IN3O. The second-order valence-corrected chi connectivity index (χ2v) is 5.20. The number of rotatable bonds is 4. The molecule has 5 heteroatoms. The van der Waals surface area contributed by atoms with E-state index in [4.69, 9.17) is 0 Å². The van der Waals surface area contributed by atoms with Crippen LogP contribution in [0.4, 0.5) is 5.69 Å². The first-order valence-electron chi connectivity index (χ1n) is 7.38. The molecule has 0 saturated heterocycles. The van der Waals surface area contributed by atoms with Gasteiger partial charge in [-0.25, -0.2) is 0 Å². The van der Waals surface area contributed by atoms with E-state index in [1.165, 1.54) is 5.56 Å². The second-order valence-electron chi connectivity index (χ2n) is 5.20. The summed E-state index contributed by atoms with van der Waals surface area (Å²) < 4.78 is 1.65. The average Bonchev–Trinajstić information content (AvgIpc) is 2.55. The van der Waals surface area contributed by atoms with Crippen LogP contribution in [0.5, 0.6) is 0 Å². The van der Waals surface area contributed by atoms with E-state index in [1.54, 1.807) is 10.9 Å². The highest BCUT2D eigenvalue weighted by molar-refractivity contribution is 5.89. The predicted octanol–water partition coefficient (Wildman–Crippen LogP) is -0.273. The number of benzene rings is 2. The van der Waals surface area contributed by atoms with Crippen LogP contribution in [-0.2, 0) is 17.8 Å². The van der Waals surface area contributed by atoms with Crippen molar-refractivity contribution in [2.24, 2.45) is 0 Å². The highest BCUT2D eigenvalue weighted by atomic mass is 127. The van der Waals surface area contributed by atoms with Gasteiger partial charge >= 0.3 is 0 Å². The molecule has 0 bridgehead atoms. The summed E-state index contributed by atoms with van der Waals surface area (Å²) in [6, 6.07) is 15.9. The Morgan fingerprint density at radius 1 is 1.09 bits per heavy atom. The standard InChI is InChI=1S/C18H17N3O.HI/c1-2-14-7-9-17(10-8-14)20-18(22)13-21-12-16-6-4-3-5-15(16)11-19-21;/h3-12H,2,13H2,1H3;1H. The Morgan fingerprint density at radius 2 is 1.78 bits per heavy atom. The normalized spacial score (nSPS) is 10.1. The summed E-state index contributed by atoms with van der Waals surface area (Å²) in [6.07, 6.45) is 4.65. The number of nitrogens with one attached hydrogen (secondary N) is 1. The molecule has 23 heavy (non-hydrogen) atoms. The van der Waals surface area contributed by atoms with E-state index in [1.807, 2.05) is 54.7 Å². The fourth-order valence-electron chi connectivity index (χ4n) is 2.33. The zero-order valence-corrected chi connectivity index (χ0v) is 15.0. The van der Waals surface area contributed by atoms with E-state index in [0.717, 1.165) is 22.9 Å². The molecule has 0 atom stereocenters. The van der Waals surface area contributed by atoms with Gasteiger partial charge in [-0.2, -0.15) is 0 Å². The molecule has 0 aliphatic carbocycles. The molecule has 0 radical (unpaired) electrons. The lowest BCUT2D eigenvalue weighted by Gasteiger charge is -2.04. The monoisotopic (exact) mass is 419 g/mol. The fourth-order valence-corrected chi connectivity index (χ4v) is 2.33. The van der Waals surface area contributed by atoms with Crippen LogP contribution < -0.4 is 34.0 Å². The van der Waals surface area contributed by atoms with Crippen LogP contribution in [0.25, 0.3) is 10.8 Å². The molecular weight excluding hydrogens is 401 g/mol. The van der Waals surface area contributed by atoms with Gasteiger partial charge < -0.3 is 29.3 Å². The van der Waals surface area contributed by atoms with Crippen molar-refractivity contribution in [3.8, 4) is 0 Å². The Morgan fingerprint density at radius 3 is 2.48 bits per heavy atom. The molecule has 3 aromatic rings. The first-order valence-corrected chi connectivity index (χ1v) is 7.38. The van der Waals surface area contributed by atoms with Gasteiger partial charge in [-0.15, -0.1) is 0 Å². The molecule has 0 spiro atoms. The van der Waals surface area contributed by atoms with E-state index in [-0.39, 0.29) is 36.4 Å². The predicted molar refractivity (Wildman–Crippen MR) is 86.4 cm³/mol. The van der Waals surface area contributed by atoms with Crippen LogP contribution in [0.3, 0.4) is 0 Å². The van der Waals surface area contributed by atoms with E-state index >= 15 is 0 Å². The van der Waals surface area contributed by atoms with Crippen molar-refractivity contribution < 1.29 is 33.5 Å². The maximum atomic E-state index is 12.1. The Labute approximate surface area is 152 Å². The minimum Gasteiger partial charge on any atom is -1.00 e. The average molecular weight is 419 g/mol. The maximum absolute atomic E-state index is 12.1. The molecule has 4 nitrogen and oxygen atoms in total.